The van der Waals surface area contributed by atoms with Crippen LogP contribution in [0.3, 0.4) is 0 Å². The maximum absolute atomic E-state index is 11.9. The van der Waals surface area contributed by atoms with E-state index >= 15 is 0 Å². The van der Waals surface area contributed by atoms with E-state index in [0.717, 1.165) is 6.07 Å². The number of nitro benzene ring substituents is 1. The van der Waals surface area contributed by atoms with E-state index in [-0.39, 0.29) is 22.8 Å². The number of benzene rings is 1. The number of nitrogens with one attached hydrogen (secondary N) is 2. The van der Waals surface area contributed by atoms with Crippen molar-refractivity contribution in [2.75, 3.05) is 0 Å². The molecule has 0 saturated carbocycles. The molecule has 19 heavy (non-hydrogen) atoms. The summed E-state index contributed by atoms with van der Waals surface area (Å²) < 4.78 is 0. The van der Waals surface area contributed by atoms with Crippen molar-refractivity contribution in [3.63, 3.8) is 0 Å². The first-order valence-corrected chi connectivity index (χ1v) is 5.52. The molecule has 0 unspecified atom stereocenters. The fourth-order valence-corrected chi connectivity index (χ4v) is 1.59. The second kappa shape index (κ2) is 5.44. The Morgan fingerprint density at radius 2 is 2.32 bits per heavy atom. The first-order valence-electron chi connectivity index (χ1n) is 5.14. The molecule has 0 radical (unpaired) electrons. The van der Waals surface area contributed by atoms with E-state index in [4.69, 9.17) is 11.6 Å². The summed E-state index contributed by atoms with van der Waals surface area (Å²) in [7, 11) is 0. The predicted octanol–water partition coefficient (Wildman–Crippen LogP) is 1.30. The number of hydrogen-bond donors (Lipinski definition) is 2. The zero-order valence-corrected chi connectivity index (χ0v) is 10.2. The van der Waals surface area contributed by atoms with Crippen LogP contribution in [-0.4, -0.2) is 26.0 Å². The Balaban J connectivity index is 2.16. The Morgan fingerprint density at radius 3 is 2.95 bits per heavy atom. The number of carbonyl (C=O) groups is 1. The van der Waals surface area contributed by atoms with E-state index in [9.17, 15) is 14.9 Å². The van der Waals surface area contributed by atoms with Gasteiger partial charge in [-0.1, -0.05) is 11.6 Å². The van der Waals surface area contributed by atoms with Crippen molar-refractivity contribution < 1.29 is 9.72 Å². The van der Waals surface area contributed by atoms with Crippen molar-refractivity contribution in [2.24, 2.45) is 0 Å². The summed E-state index contributed by atoms with van der Waals surface area (Å²) in [5.41, 5.74) is -0.406. The molecule has 0 spiro atoms. The number of hydrogen-bond acceptors (Lipinski definition) is 5. The van der Waals surface area contributed by atoms with Crippen LogP contribution < -0.4 is 5.32 Å². The molecule has 1 heterocycles. The maximum atomic E-state index is 11.9. The van der Waals surface area contributed by atoms with E-state index in [0.29, 0.717) is 5.82 Å². The van der Waals surface area contributed by atoms with Gasteiger partial charge in [-0.25, -0.2) is 4.98 Å². The van der Waals surface area contributed by atoms with Gasteiger partial charge in [0.25, 0.3) is 11.6 Å². The highest BCUT2D eigenvalue weighted by molar-refractivity contribution is 6.31. The van der Waals surface area contributed by atoms with Gasteiger partial charge in [-0.05, 0) is 12.1 Å². The molecule has 1 aromatic heterocycles. The standard InChI is InChI=1S/C10H8ClN5O3/c11-6-1-2-7(8(3-6)16(18)19)10(17)12-4-9-13-5-14-15-9/h1-3,5H,4H2,(H,12,17)(H,13,14,15). The highest BCUT2D eigenvalue weighted by atomic mass is 35.5. The molecule has 1 aromatic carbocycles. The van der Waals surface area contributed by atoms with Crippen LogP contribution in [0.5, 0.6) is 0 Å². The van der Waals surface area contributed by atoms with Crippen LogP contribution in [0.4, 0.5) is 5.69 Å². The zero-order chi connectivity index (χ0) is 13.8. The SMILES string of the molecule is O=C(NCc1ncn[nH]1)c1ccc(Cl)cc1[N+](=O)[O-]. The van der Waals surface area contributed by atoms with E-state index in [1.54, 1.807) is 0 Å². The number of aromatic amines is 1. The van der Waals surface area contributed by atoms with Crippen molar-refractivity contribution >= 4 is 23.2 Å². The summed E-state index contributed by atoms with van der Waals surface area (Å²) >= 11 is 5.66. The molecule has 9 heteroatoms. The Kier molecular flexibility index (Phi) is 3.71. The van der Waals surface area contributed by atoms with Gasteiger partial charge in [0.15, 0.2) is 0 Å². The Hall–Kier alpha value is -2.48. The molecule has 0 aliphatic carbocycles. The van der Waals surface area contributed by atoms with E-state index in [2.05, 4.69) is 20.5 Å². The van der Waals surface area contributed by atoms with Crippen LogP contribution >= 0.6 is 11.6 Å². The Labute approximate surface area is 112 Å². The minimum atomic E-state index is -0.657. The average Bonchev–Trinajstić information content (AvgIpc) is 2.88. The molecule has 0 aliphatic heterocycles. The lowest BCUT2D eigenvalue weighted by Gasteiger charge is -2.04. The zero-order valence-electron chi connectivity index (χ0n) is 9.46. The maximum Gasteiger partial charge on any atom is 0.283 e. The third-order valence-corrected chi connectivity index (χ3v) is 2.52. The smallest absolute Gasteiger partial charge is 0.283 e. The van der Waals surface area contributed by atoms with Crippen LogP contribution in [0.1, 0.15) is 16.2 Å². The molecule has 0 fully saturated rings. The molecule has 0 saturated heterocycles. The number of aromatic nitrogens is 3. The first kappa shape index (κ1) is 13.0. The summed E-state index contributed by atoms with van der Waals surface area (Å²) in [4.78, 5) is 25.9. The summed E-state index contributed by atoms with van der Waals surface area (Å²) in [5, 5.41) is 19.7. The van der Waals surface area contributed by atoms with Gasteiger partial charge in [0.05, 0.1) is 11.5 Å². The molecular formula is C10H8ClN5O3. The second-order valence-corrected chi connectivity index (χ2v) is 3.97. The third-order valence-electron chi connectivity index (χ3n) is 2.28. The number of carbonyl (C=O) groups excluding carboxylic acids is 1. The molecule has 2 aromatic rings. The lowest BCUT2D eigenvalue weighted by Crippen LogP contribution is -2.24. The van der Waals surface area contributed by atoms with Gasteiger partial charge in [0, 0.05) is 11.1 Å². The fourth-order valence-electron chi connectivity index (χ4n) is 1.42. The molecule has 8 nitrogen and oxygen atoms in total. The highest BCUT2D eigenvalue weighted by Gasteiger charge is 2.20. The predicted molar refractivity (Wildman–Crippen MR) is 65.7 cm³/mol. The Morgan fingerprint density at radius 1 is 1.53 bits per heavy atom. The normalized spacial score (nSPS) is 10.2. The minimum Gasteiger partial charge on any atom is -0.345 e. The highest BCUT2D eigenvalue weighted by Crippen LogP contribution is 2.23. The van der Waals surface area contributed by atoms with Gasteiger partial charge in [-0.3, -0.25) is 20.0 Å². The van der Waals surface area contributed by atoms with Gasteiger partial charge in [-0.15, -0.1) is 0 Å². The summed E-state index contributed by atoms with van der Waals surface area (Å²) in [5.74, 6) is -0.135. The Bertz CT molecular complexity index is 614. The quantitative estimate of drug-likeness (QED) is 0.647. The first-order chi connectivity index (χ1) is 9.08. The van der Waals surface area contributed by atoms with Crippen molar-refractivity contribution in [1.82, 2.24) is 20.5 Å². The average molecular weight is 282 g/mol. The molecule has 98 valence electrons. The topological polar surface area (TPSA) is 114 Å². The minimum absolute atomic E-state index is 0.0612. The molecule has 1 amide bonds. The number of nitro groups is 1. The van der Waals surface area contributed by atoms with Gasteiger partial charge >= 0.3 is 0 Å². The number of rotatable bonds is 4. The number of amides is 1. The van der Waals surface area contributed by atoms with E-state index in [1.165, 1.54) is 18.5 Å². The molecule has 0 atom stereocenters. The van der Waals surface area contributed by atoms with Crippen LogP contribution in [0, 0.1) is 10.1 Å². The molecule has 2 N–H and O–H groups in total. The summed E-state index contributed by atoms with van der Waals surface area (Å²) in [6.07, 6.45) is 1.30. The van der Waals surface area contributed by atoms with Gasteiger partial charge < -0.3 is 5.32 Å². The second-order valence-electron chi connectivity index (χ2n) is 3.53. The molecule has 2 rings (SSSR count). The number of H-pyrrole nitrogens is 1. The lowest BCUT2D eigenvalue weighted by molar-refractivity contribution is -0.385. The molecule has 0 aliphatic rings. The van der Waals surface area contributed by atoms with Crippen molar-refractivity contribution in [2.45, 2.75) is 6.54 Å². The summed E-state index contributed by atoms with van der Waals surface area (Å²) in [6, 6.07) is 3.85. The number of nitrogens with zero attached hydrogens (tertiary/aromatic N) is 3. The van der Waals surface area contributed by atoms with Crippen LogP contribution in [0.15, 0.2) is 24.5 Å². The third kappa shape index (κ3) is 3.05. The van der Waals surface area contributed by atoms with Gasteiger partial charge in [0.1, 0.15) is 17.7 Å². The van der Waals surface area contributed by atoms with Crippen molar-refractivity contribution in [3.8, 4) is 0 Å². The van der Waals surface area contributed by atoms with E-state index in [1.807, 2.05) is 0 Å². The van der Waals surface area contributed by atoms with E-state index < -0.39 is 10.8 Å². The van der Waals surface area contributed by atoms with Crippen molar-refractivity contribution in [1.29, 1.82) is 0 Å². The van der Waals surface area contributed by atoms with Crippen LogP contribution in [-0.2, 0) is 6.54 Å². The number of halogens is 1. The monoisotopic (exact) mass is 281 g/mol. The van der Waals surface area contributed by atoms with Crippen LogP contribution in [0.2, 0.25) is 5.02 Å². The molecule has 0 bridgehead atoms. The van der Waals surface area contributed by atoms with Crippen molar-refractivity contribution in [3.05, 3.63) is 51.1 Å². The molecular weight excluding hydrogens is 274 g/mol. The van der Waals surface area contributed by atoms with Crippen LogP contribution in [0.25, 0.3) is 0 Å². The lowest BCUT2D eigenvalue weighted by atomic mass is 10.1. The van der Waals surface area contributed by atoms with Gasteiger partial charge in [0.2, 0.25) is 0 Å². The summed E-state index contributed by atoms with van der Waals surface area (Å²) in [6.45, 7) is 0.0958. The fraction of sp³-hybridized carbons (Fsp3) is 0.100. The van der Waals surface area contributed by atoms with Gasteiger partial charge in [-0.2, -0.15) is 5.10 Å². The largest absolute Gasteiger partial charge is 0.345 e.